The van der Waals surface area contributed by atoms with Crippen LogP contribution in [0.5, 0.6) is 0 Å². The van der Waals surface area contributed by atoms with Gasteiger partial charge in [-0.3, -0.25) is 4.57 Å². The summed E-state index contributed by atoms with van der Waals surface area (Å²) in [6, 6.07) is 0. The van der Waals surface area contributed by atoms with Crippen LogP contribution in [0.25, 0.3) is 0 Å². The van der Waals surface area contributed by atoms with Gasteiger partial charge in [0.25, 0.3) is 0 Å². The number of aromatic nitrogens is 2. The summed E-state index contributed by atoms with van der Waals surface area (Å²) in [6.07, 6.45) is 4.16. The van der Waals surface area contributed by atoms with E-state index < -0.39 is 24.1 Å². The Morgan fingerprint density at radius 1 is 1.42 bits per heavy atom. The Morgan fingerprint density at radius 2 is 2.17 bits per heavy atom. The van der Waals surface area contributed by atoms with Crippen LogP contribution in [-0.4, -0.2) is 51.7 Å². The molecular weight excluding hydrogens is 312 g/mol. The lowest BCUT2D eigenvalue weighted by Gasteiger charge is -2.16. The summed E-state index contributed by atoms with van der Waals surface area (Å²) in [6.45, 7) is 3.08. The molecule has 8 heteroatoms. The Kier molecular flexibility index (Phi) is 7.16. The highest BCUT2D eigenvalue weighted by molar-refractivity contribution is 5.41. The topological polar surface area (TPSA) is 123 Å². The predicted octanol–water partition coefficient (Wildman–Crippen LogP) is 0.123. The molecule has 0 amide bonds. The van der Waals surface area contributed by atoms with Gasteiger partial charge in [-0.2, -0.15) is 4.98 Å². The molecule has 136 valence electrons. The van der Waals surface area contributed by atoms with Gasteiger partial charge in [0.05, 0.1) is 12.7 Å². The van der Waals surface area contributed by atoms with E-state index in [-0.39, 0.29) is 13.0 Å². The minimum atomic E-state index is -0.779. The van der Waals surface area contributed by atoms with Gasteiger partial charge in [0.1, 0.15) is 18.1 Å². The lowest BCUT2D eigenvalue weighted by atomic mass is 10.2. The highest BCUT2D eigenvalue weighted by Crippen LogP contribution is 2.27. The minimum absolute atomic E-state index is 0.264. The van der Waals surface area contributed by atoms with Crippen molar-refractivity contribution in [3.63, 3.8) is 0 Å². The van der Waals surface area contributed by atoms with E-state index >= 15 is 0 Å². The number of nitrogens with one attached hydrogen (secondary N) is 1. The van der Waals surface area contributed by atoms with E-state index in [0.29, 0.717) is 5.82 Å². The summed E-state index contributed by atoms with van der Waals surface area (Å²) >= 11 is 0. The number of aliphatic hydroxyl groups excluding tert-OH is 2. The molecule has 1 aliphatic rings. The molecule has 24 heavy (non-hydrogen) atoms. The zero-order valence-corrected chi connectivity index (χ0v) is 14.1. The molecule has 0 aromatic carbocycles. The lowest BCUT2D eigenvalue weighted by Crippen LogP contribution is -2.29. The molecule has 5 N–H and O–H groups in total. The van der Waals surface area contributed by atoms with Crippen molar-refractivity contribution in [1.29, 1.82) is 0 Å². The SMILES string of the molecule is Cc1cn([C@H]2C[C@H](O)[C@@H](CO)O2)c(=O)nc1NCCCCCCN. The average Bonchev–Trinajstić information content (AvgIpc) is 2.94. The Hall–Kier alpha value is -1.48. The fraction of sp³-hybridized carbons (Fsp3) is 0.750. The third kappa shape index (κ3) is 4.76. The van der Waals surface area contributed by atoms with E-state index in [1.54, 1.807) is 6.20 Å². The van der Waals surface area contributed by atoms with Crippen LogP contribution in [0.4, 0.5) is 5.82 Å². The van der Waals surface area contributed by atoms with Gasteiger partial charge >= 0.3 is 5.69 Å². The van der Waals surface area contributed by atoms with E-state index in [2.05, 4.69) is 10.3 Å². The Labute approximate surface area is 141 Å². The molecule has 2 rings (SSSR count). The second kappa shape index (κ2) is 9.12. The third-order valence-electron chi connectivity index (χ3n) is 4.25. The number of aryl methyl sites for hydroxylation is 1. The van der Waals surface area contributed by atoms with Crippen molar-refractivity contribution >= 4 is 5.82 Å². The normalized spacial score (nSPS) is 23.6. The molecule has 1 aromatic heterocycles. The first-order chi connectivity index (χ1) is 11.6. The van der Waals surface area contributed by atoms with E-state index in [1.165, 1.54) is 4.57 Å². The van der Waals surface area contributed by atoms with Crippen molar-refractivity contribution in [3.8, 4) is 0 Å². The molecule has 3 atom stereocenters. The molecule has 1 aliphatic heterocycles. The minimum Gasteiger partial charge on any atom is -0.394 e. The highest BCUT2D eigenvalue weighted by Gasteiger charge is 2.35. The number of anilines is 1. The quantitative estimate of drug-likeness (QED) is 0.471. The third-order valence-corrected chi connectivity index (χ3v) is 4.25. The standard InChI is InChI=1S/C16H28N4O4/c1-11-9-20(14-8-12(22)13(10-21)24-14)16(23)19-15(11)18-7-5-3-2-4-6-17/h9,12-14,21-22H,2-8,10,17H2,1H3,(H,18,19,23)/t12-,13+,14+/m0/s1. The van der Waals surface area contributed by atoms with E-state index in [4.69, 9.17) is 15.6 Å². The van der Waals surface area contributed by atoms with Gasteiger partial charge in [0, 0.05) is 24.7 Å². The number of aliphatic hydroxyl groups is 2. The van der Waals surface area contributed by atoms with Gasteiger partial charge in [-0.25, -0.2) is 4.79 Å². The van der Waals surface area contributed by atoms with Crippen LogP contribution < -0.4 is 16.7 Å². The lowest BCUT2D eigenvalue weighted by molar-refractivity contribution is -0.0459. The van der Waals surface area contributed by atoms with Crippen molar-refractivity contribution < 1.29 is 14.9 Å². The van der Waals surface area contributed by atoms with Crippen LogP contribution in [0.15, 0.2) is 11.0 Å². The number of hydrogen-bond acceptors (Lipinski definition) is 7. The van der Waals surface area contributed by atoms with Crippen molar-refractivity contribution in [2.45, 2.75) is 57.5 Å². The summed E-state index contributed by atoms with van der Waals surface area (Å²) < 4.78 is 6.89. The maximum absolute atomic E-state index is 12.2. The van der Waals surface area contributed by atoms with Crippen molar-refractivity contribution in [2.75, 3.05) is 25.0 Å². The second-order valence-corrected chi connectivity index (χ2v) is 6.21. The number of hydrogen-bond donors (Lipinski definition) is 4. The molecule has 0 spiro atoms. The van der Waals surface area contributed by atoms with Crippen LogP contribution in [0, 0.1) is 6.92 Å². The predicted molar refractivity (Wildman–Crippen MR) is 90.9 cm³/mol. The first-order valence-electron chi connectivity index (χ1n) is 8.55. The molecule has 1 fully saturated rings. The number of unbranched alkanes of at least 4 members (excludes halogenated alkanes) is 3. The molecule has 1 saturated heterocycles. The Morgan fingerprint density at radius 3 is 2.83 bits per heavy atom. The number of nitrogens with two attached hydrogens (primary N) is 1. The van der Waals surface area contributed by atoms with Gasteiger partial charge in [0.2, 0.25) is 0 Å². The van der Waals surface area contributed by atoms with Crippen LogP contribution in [0.2, 0.25) is 0 Å². The molecule has 0 unspecified atom stereocenters. The van der Waals surface area contributed by atoms with Gasteiger partial charge in [-0.15, -0.1) is 0 Å². The first kappa shape index (κ1) is 18.9. The molecule has 1 aromatic rings. The van der Waals surface area contributed by atoms with Gasteiger partial charge in [0.15, 0.2) is 0 Å². The number of rotatable bonds is 9. The highest BCUT2D eigenvalue weighted by atomic mass is 16.5. The van der Waals surface area contributed by atoms with Gasteiger partial charge in [-0.1, -0.05) is 12.8 Å². The molecule has 2 heterocycles. The summed E-state index contributed by atoms with van der Waals surface area (Å²) in [7, 11) is 0. The molecule has 0 saturated carbocycles. The maximum atomic E-state index is 12.2. The zero-order chi connectivity index (χ0) is 17.5. The van der Waals surface area contributed by atoms with Crippen LogP contribution in [0.3, 0.4) is 0 Å². The first-order valence-corrected chi connectivity index (χ1v) is 8.55. The number of ether oxygens (including phenoxy) is 1. The van der Waals surface area contributed by atoms with Crippen LogP contribution in [0.1, 0.15) is 43.9 Å². The molecule has 8 nitrogen and oxygen atoms in total. The van der Waals surface area contributed by atoms with Gasteiger partial charge < -0.3 is 26.0 Å². The number of nitrogens with zero attached hydrogens (tertiary/aromatic N) is 2. The summed E-state index contributed by atoms with van der Waals surface area (Å²) in [5, 5.41) is 22.1. The van der Waals surface area contributed by atoms with Crippen LogP contribution >= 0.6 is 0 Å². The Bertz CT molecular complexity index is 578. The van der Waals surface area contributed by atoms with Crippen LogP contribution in [-0.2, 0) is 4.74 Å². The zero-order valence-electron chi connectivity index (χ0n) is 14.1. The van der Waals surface area contributed by atoms with E-state index in [0.717, 1.165) is 44.3 Å². The second-order valence-electron chi connectivity index (χ2n) is 6.21. The van der Waals surface area contributed by atoms with Gasteiger partial charge in [-0.05, 0) is 26.3 Å². The molecule has 0 aliphatic carbocycles. The molecular formula is C16H28N4O4. The van der Waals surface area contributed by atoms with E-state index in [1.807, 2.05) is 6.92 Å². The maximum Gasteiger partial charge on any atom is 0.351 e. The van der Waals surface area contributed by atoms with Crippen molar-refractivity contribution in [3.05, 3.63) is 22.2 Å². The summed E-state index contributed by atoms with van der Waals surface area (Å²) in [5.41, 5.74) is 5.87. The average molecular weight is 340 g/mol. The smallest absolute Gasteiger partial charge is 0.351 e. The largest absolute Gasteiger partial charge is 0.394 e. The van der Waals surface area contributed by atoms with Crippen molar-refractivity contribution in [2.24, 2.45) is 5.73 Å². The van der Waals surface area contributed by atoms with E-state index in [9.17, 15) is 9.90 Å². The summed E-state index contributed by atoms with van der Waals surface area (Å²) in [4.78, 5) is 16.3. The fourth-order valence-electron chi connectivity index (χ4n) is 2.83. The monoisotopic (exact) mass is 340 g/mol. The fourth-order valence-corrected chi connectivity index (χ4v) is 2.83. The summed E-state index contributed by atoms with van der Waals surface area (Å²) in [5.74, 6) is 0.576. The van der Waals surface area contributed by atoms with Crippen molar-refractivity contribution in [1.82, 2.24) is 9.55 Å². The Balaban J connectivity index is 1.95. The molecule has 0 radical (unpaired) electrons. The molecule has 0 bridgehead atoms.